The summed E-state index contributed by atoms with van der Waals surface area (Å²) in [6.45, 7) is 0. The van der Waals surface area contributed by atoms with Crippen molar-refractivity contribution in [3.8, 4) is 0 Å². The number of aryl methyl sites for hydroxylation is 2. The predicted molar refractivity (Wildman–Crippen MR) is 90.6 cm³/mol. The van der Waals surface area contributed by atoms with E-state index in [1.165, 1.54) is 17.2 Å². The third kappa shape index (κ3) is 3.63. The Hall–Kier alpha value is -3.29. The maximum Gasteiger partial charge on any atom is 0.279 e. The van der Waals surface area contributed by atoms with Crippen LogP contribution < -0.4 is 5.32 Å². The van der Waals surface area contributed by atoms with Crippen molar-refractivity contribution >= 4 is 23.0 Å². The van der Waals surface area contributed by atoms with Crippen molar-refractivity contribution in [2.24, 2.45) is 0 Å². The van der Waals surface area contributed by atoms with Gasteiger partial charge in [-0.1, -0.05) is 6.07 Å². The van der Waals surface area contributed by atoms with Gasteiger partial charge in [-0.25, -0.2) is 0 Å². The third-order valence-electron chi connectivity index (χ3n) is 4.21. The molecule has 0 aliphatic heterocycles. The summed E-state index contributed by atoms with van der Waals surface area (Å²) in [5.74, 6) is -0.407. The number of rotatable bonds is 5. The molecule has 0 radical (unpaired) electrons. The zero-order chi connectivity index (χ0) is 18.0. The van der Waals surface area contributed by atoms with E-state index in [0.717, 1.165) is 31.4 Å². The van der Waals surface area contributed by atoms with Gasteiger partial charge in [0, 0.05) is 17.3 Å². The van der Waals surface area contributed by atoms with Crippen molar-refractivity contribution < 1.29 is 14.6 Å². The lowest BCUT2D eigenvalue weighted by molar-refractivity contribution is -0.394. The van der Waals surface area contributed by atoms with Crippen molar-refractivity contribution in [1.29, 1.82) is 0 Å². The Kier molecular flexibility index (Phi) is 4.42. The fraction of sp³-hybridized carbons (Fsp3) is 0.235. The molecule has 8 heteroatoms. The van der Waals surface area contributed by atoms with Crippen LogP contribution in [-0.2, 0) is 24.1 Å². The number of anilines is 1. The zero-order valence-electron chi connectivity index (χ0n) is 13.2. The Morgan fingerprint density at radius 1 is 1.00 bits per heavy atom. The fourth-order valence-corrected chi connectivity index (χ4v) is 3.01. The highest BCUT2D eigenvalue weighted by atomic mass is 16.6. The maximum absolute atomic E-state index is 12.2. The highest BCUT2D eigenvalue weighted by Gasteiger charge is 2.21. The normalized spacial score (nSPS) is 12.5. The van der Waals surface area contributed by atoms with Crippen molar-refractivity contribution in [1.82, 2.24) is 0 Å². The zero-order valence-corrected chi connectivity index (χ0v) is 13.2. The van der Waals surface area contributed by atoms with E-state index >= 15 is 0 Å². The highest BCUT2D eigenvalue weighted by molar-refractivity contribution is 5.93. The van der Waals surface area contributed by atoms with Crippen LogP contribution in [0.15, 0.2) is 36.4 Å². The SMILES string of the molecule is O=C(Cc1ccc([N+](=O)[O-])cc1[N+](=O)[O-])Nc1ccc2c(c1)CCC2. The lowest BCUT2D eigenvalue weighted by Gasteiger charge is -2.08. The molecule has 0 aromatic heterocycles. The lowest BCUT2D eigenvalue weighted by Crippen LogP contribution is -2.15. The van der Waals surface area contributed by atoms with E-state index in [0.29, 0.717) is 5.69 Å². The molecular formula is C17H15N3O5. The first-order valence-electron chi connectivity index (χ1n) is 7.77. The first-order valence-corrected chi connectivity index (χ1v) is 7.77. The molecule has 1 amide bonds. The minimum Gasteiger partial charge on any atom is -0.326 e. The summed E-state index contributed by atoms with van der Waals surface area (Å²) in [4.78, 5) is 32.6. The van der Waals surface area contributed by atoms with E-state index in [-0.39, 0.29) is 17.7 Å². The number of non-ortho nitro benzene ring substituents is 1. The van der Waals surface area contributed by atoms with Gasteiger partial charge in [0.2, 0.25) is 5.91 Å². The summed E-state index contributed by atoms with van der Waals surface area (Å²) in [6, 6.07) is 8.99. The van der Waals surface area contributed by atoms with Crippen LogP contribution >= 0.6 is 0 Å². The van der Waals surface area contributed by atoms with Crippen LogP contribution in [0.5, 0.6) is 0 Å². The van der Waals surface area contributed by atoms with Crippen molar-refractivity contribution in [3.05, 3.63) is 73.3 Å². The van der Waals surface area contributed by atoms with Crippen molar-refractivity contribution in [2.45, 2.75) is 25.7 Å². The first kappa shape index (κ1) is 16.6. The molecule has 2 aromatic rings. The molecule has 8 nitrogen and oxygen atoms in total. The molecule has 0 saturated heterocycles. The Balaban J connectivity index is 1.76. The molecule has 0 bridgehead atoms. The van der Waals surface area contributed by atoms with E-state index in [2.05, 4.69) is 5.32 Å². The minimum atomic E-state index is -0.717. The van der Waals surface area contributed by atoms with Gasteiger partial charge in [0.1, 0.15) is 0 Å². The number of nitrogens with one attached hydrogen (secondary N) is 1. The number of carbonyl (C=O) groups excluding carboxylic acids is 1. The second-order valence-electron chi connectivity index (χ2n) is 5.89. The van der Waals surface area contributed by atoms with Gasteiger partial charge in [0.25, 0.3) is 11.4 Å². The monoisotopic (exact) mass is 341 g/mol. The predicted octanol–water partition coefficient (Wildman–Crippen LogP) is 3.17. The number of nitro groups is 2. The molecule has 0 heterocycles. The number of nitrogens with zero attached hydrogens (tertiary/aromatic N) is 2. The van der Waals surface area contributed by atoms with Crippen molar-refractivity contribution in [2.75, 3.05) is 5.32 Å². The summed E-state index contributed by atoms with van der Waals surface area (Å²) in [5, 5.41) is 24.6. The lowest BCUT2D eigenvalue weighted by atomic mass is 10.1. The third-order valence-corrected chi connectivity index (χ3v) is 4.21. The van der Waals surface area contributed by atoms with Crippen LogP contribution in [0.1, 0.15) is 23.1 Å². The maximum atomic E-state index is 12.2. The average molecular weight is 341 g/mol. The standard InChI is InChI=1S/C17H15N3O5/c21-17(18-14-6-4-11-2-1-3-12(11)8-14)9-13-5-7-15(19(22)23)10-16(13)20(24)25/h4-8,10H,1-3,9H2,(H,18,21). The highest BCUT2D eigenvalue weighted by Crippen LogP contribution is 2.27. The van der Waals surface area contributed by atoms with Crippen LogP contribution in [0.2, 0.25) is 0 Å². The summed E-state index contributed by atoms with van der Waals surface area (Å²) in [7, 11) is 0. The Morgan fingerprint density at radius 3 is 2.48 bits per heavy atom. The van der Waals surface area contributed by atoms with Gasteiger partial charge < -0.3 is 5.32 Å². The molecule has 0 atom stereocenters. The smallest absolute Gasteiger partial charge is 0.279 e. The molecule has 0 fully saturated rings. The number of fused-ring (bicyclic) bond motifs is 1. The van der Waals surface area contributed by atoms with Crippen LogP contribution in [0.25, 0.3) is 0 Å². The van der Waals surface area contributed by atoms with E-state index in [9.17, 15) is 25.0 Å². The topological polar surface area (TPSA) is 115 Å². The summed E-state index contributed by atoms with van der Waals surface area (Å²) in [6.07, 6.45) is 2.89. The summed E-state index contributed by atoms with van der Waals surface area (Å²) >= 11 is 0. The molecule has 3 rings (SSSR count). The number of carbonyl (C=O) groups is 1. The Bertz CT molecular complexity index is 879. The van der Waals surface area contributed by atoms with Crippen LogP contribution in [-0.4, -0.2) is 15.8 Å². The fourth-order valence-electron chi connectivity index (χ4n) is 3.01. The van der Waals surface area contributed by atoms with Gasteiger partial charge in [-0.2, -0.15) is 0 Å². The molecule has 2 aromatic carbocycles. The first-order chi connectivity index (χ1) is 11.9. The molecule has 0 saturated carbocycles. The largest absolute Gasteiger partial charge is 0.326 e. The molecule has 0 unspecified atom stereocenters. The van der Waals surface area contributed by atoms with E-state index in [1.54, 1.807) is 0 Å². The Morgan fingerprint density at radius 2 is 1.76 bits per heavy atom. The van der Waals surface area contributed by atoms with Gasteiger partial charge in [0.15, 0.2) is 0 Å². The molecule has 0 spiro atoms. The molecule has 128 valence electrons. The number of hydrogen-bond acceptors (Lipinski definition) is 5. The number of amides is 1. The van der Waals surface area contributed by atoms with Gasteiger partial charge in [-0.05, 0) is 48.6 Å². The second kappa shape index (κ2) is 6.68. The minimum absolute atomic E-state index is 0.134. The summed E-state index contributed by atoms with van der Waals surface area (Å²) < 4.78 is 0. The molecule has 1 aliphatic rings. The molecular weight excluding hydrogens is 326 g/mol. The van der Waals surface area contributed by atoms with E-state index in [4.69, 9.17) is 0 Å². The second-order valence-corrected chi connectivity index (χ2v) is 5.89. The molecule has 1 N–H and O–H groups in total. The molecule has 25 heavy (non-hydrogen) atoms. The average Bonchev–Trinajstić information content (AvgIpc) is 3.02. The quantitative estimate of drug-likeness (QED) is 0.662. The van der Waals surface area contributed by atoms with Gasteiger partial charge >= 0.3 is 0 Å². The van der Waals surface area contributed by atoms with Gasteiger partial charge in [0.05, 0.1) is 22.3 Å². The number of benzene rings is 2. The van der Waals surface area contributed by atoms with Crippen molar-refractivity contribution in [3.63, 3.8) is 0 Å². The Labute approximate surface area is 142 Å². The number of nitro benzene ring substituents is 2. The number of hydrogen-bond donors (Lipinski definition) is 1. The van der Waals surface area contributed by atoms with E-state index < -0.39 is 21.4 Å². The van der Waals surface area contributed by atoms with Gasteiger partial charge in [-0.3, -0.25) is 25.0 Å². The van der Waals surface area contributed by atoms with Crippen LogP contribution in [0.4, 0.5) is 17.1 Å². The van der Waals surface area contributed by atoms with E-state index in [1.807, 2.05) is 18.2 Å². The van der Waals surface area contributed by atoms with Crippen LogP contribution in [0, 0.1) is 20.2 Å². The van der Waals surface area contributed by atoms with Gasteiger partial charge in [-0.15, -0.1) is 0 Å². The van der Waals surface area contributed by atoms with Crippen LogP contribution in [0.3, 0.4) is 0 Å². The summed E-state index contributed by atoms with van der Waals surface area (Å²) in [5.41, 5.74) is 2.46. The molecule has 1 aliphatic carbocycles.